The summed E-state index contributed by atoms with van der Waals surface area (Å²) >= 11 is 0. The van der Waals surface area contributed by atoms with Crippen molar-refractivity contribution in [2.45, 2.75) is 76.4 Å². The average Bonchev–Trinajstić information content (AvgIpc) is 3.47. The number of amides is 1. The summed E-state index contributed by atoms with van der Waals surface area (Å²) in [5.74, 6) is -0.0423. The van der Waals surface area contributed by atoms with Gasteiger partial charge in [-0.2, -0.15) is 0 Å². The minimum Gasteiger partial charge on any atom is -0.394 e. The molecule has 0 aliphatic carbocycles. The highest BCUT2D eigenvalue weighted by atomic mass is 16.6. The van der Waals surface area contributed by atoms with Crippen molar-refractivity contribution in [3.8, 4) is 0 Å². The zero-order chi connectivity index (χ0) is 25.3. The zero-order valence-electron chi connectivity index (χ0n) is 20.6. The Labute approximate surface area is 210 Å². The van der Waals surface area contributed by atoms with Crippen molar-refractivity contribution in [2.24, 2.45) is 0 Å². The number of benzene rings is 1. The van der Waals surface area contributed by atoms with Crippen LogP contribution in [-0.2, 0) is 9.47 Å². The van der Waals surface area contributed by atoms with Gasteiger partial charge in [0, 0.05) is 12.2 Å². The third-order valence-electron chi connectivity index (χ3n) is 6.45. The Balaban J connectivity index is 1.45. The van der Waals surface area contributed by atoms with E-state index in [1.807, 2.05) is 6.07 Å². The molecule has 1 fully saturated rings. The van der Waals surface area contributed by atoms with Crippen LogP contribution in [0, 0.1) is 0 Å². The standard InChI is InChI=1S/C26H35N5O5/c1-2-3-4-5-6-7-11-14-35-22-21(33)19(15-32)36-26(22)31-17-29-20-23(27-16-28-24(20)31)30-25(34)18-12-9-8-10-13-18/h8-10,12-13,16-17,19,21-22,26,32-33H,2-7,11,14-15H2,1H3,(H,27,28,30,34)/t19-,21-,22-,26-/m1/s1. The van der Waals surface area contributed by atoms with Crippen LogP contribution in [0.3, 0.4) is 0 Å². The molecule has 0 saturated carbocycles. The largest absolute Gasteiger partial charge is 0.394 e. The number of imidazole rings is 1. The van der Waals surface area contributed by atoms with Crippen LogP contribution in [0.2, 0.25) is 0 Å². The van der Waals surface area contributed by atoms with E-state index in [4.69, 9.17) is 9.47 Å². The van der Waals surface area contributed by atoms with Gasteiger partial charge in [-0.3, -0.25) is 9.36 Å². The van der Waals surface area contributed by atoms with Gasteiger partial charge in [0.2, 0.25) is 0 Å². The second-order valence-corrected chi connectivity index (χ2v) is 9.06. The molecule has 10 nitrogen and oxygen atoms in total. The number of anilines is 1. The van der Waals surface area contributed by atoms with Crippen molar-refractivity contribution in [3.05, 3.63) is 48.5 Å². The van der Waals surface area contributed by atoms with Crippen molar-refractivity contribution in [1.29, 1.82) is 0 Å². The molecule has 1 aliphatic rings. The van der Waals surface area contributed by atoms with Crippen LogP contribution in [0.25, 0.3) is 11.2 Å². The van der Waals surface area contributed by atoms with Crippen LogP contribution >= 0.6 is 0 Å². The predicted octanol–water partition coefficient (Wildman–Crippen LogP) is 3.47. The Morgan fingerprint density at radius 1 is 1.08 bits per heavy atom. The highest BCUT2D eigenvalue weighted by molar-refractivity contribution is 6.06. The van der Waals surface area contributed by atoms with E-state index in [0.717, 1.165) is 19.3 Å². The highest BCUT2D eigenvalue weighted by Gasteiger charge is 2.45. The Kier molecular flexibility index (Phi) is 9.35. The number of carbonyl (C=O) groups excluding carboxylic acids is 1. The number of rotatable bonds is 13. The second-order valence-electron chi connectivity index (χ2n) is 9.06. The maximum absolute atomic E-state index is 12.6. The van der Waals surface area contributed by atoms with Gasteiger partial charge in [-0.1, -0.05) is 63.6 Å². The summed E-state index contributed by atoms with van der Waals surface area (Å²) in [5, 5.41) is 23.2. The van der Waals surface area contributed by atoms with Gasteiger partial charge in [0.1, 0.15) is 24.6 Å². The van der Waals surface area contributed by atoms with Gasteiger partial charge in [0.05, 0.1) is 12.9 Å². The van der Waals surface area contributed by atoms with Crippen molar-refractivity contribution >= 4 is 22.9 Å². The second kappa shape index (κ2) is 12.9. The molecule has 2 aromatic heterocycles. The summed E-state index contributed by atoms with van der Waals surface area (Å²) < 4.78 is 13.7. The van der Waals surface area contributed by atoms with Crippen molar-refractivity contribution in [1.82, 2.24) is 19.5 Å². The fourth-order valence-electron chi connectivity index (χ4n) is 4.45. The van der Waals surface area contributed by atoms with E-state index in [-0.39, 0.29) is 18.3 Å². The summed E-state index contributed by atoms with van der Waals surface area (Å²) in [7, 11) is 0. The van der Waals surface area contributed by atoms with Crippen LogP contribution in [0.5, 0.6) is 0 Å². The quantitative estimate of drug-likeness (QED) is 0.306. The number of aliphatic hydroxyl groups is 2. The highest BCUT2D eigenvalue weighted by Crippen LogP contribution is 2.34. The van der Waals surface area contributed by atoms with Gasteiger partial charge in [-0.25, -0.2) is 15.0 Å². The van der Waals surface area contributed by atoms with E-state index in [0.29, 0.717) is 23.3 Å². The summed E-state index contributed by atoms with van der Waals surface area (Å²) in [5.41, 5.74) is 1.31. The van der Waals surface area contributed by atoms with E-state index in [2.05, 4.69) is 27.2 Å². The first-order chi connectivity index (χ1) is 17.6. The van der Waals surface area contributed by atoms with Crippen LogP contribution in [0.15, 0.2) is 43.0 Å². The van der Waals surface area contributed by atoms with Gasteiger partial charge in [0.25, 0.3) is 5.91 Å². The molecule has 3 aromatic rings. The van der Waals surface area contributed by atoms with Crippen LogP contribution < -0.4 is 5.32 Å². The molecule has 36 heavy (non-hydrogen) atoms. The summed E-state index contributed by atoms with van der Waals surface area (Å²) in [4.78, 5) is 25.6. The Bertz CT molecular complexity index is 1110. The number of aromatic nitrogens is 4. The van der Waals surface area contributed by atoms with Crippen molar-refractivity contribution in [3.63, 3.8) is 0 Å². The van der Waals surface area contributed by atoms with Gasteiger partial charge in [-0.05, 0) is 18.6 Å². The fraction of sp³-hybridized carbons (Fsp3) is 0.538. The number of nitrogens with one attached hydrogen (secondary N) is 1. The number of fused-ring (bicyclic) bond motifs is 1. The molecule has 4 rings (SSSR count). The first-order valence-corrected chi connectivity index (χ1v) is 12.7. The van der Waals surface area contributed by atoms with Crippen molar-refractivity contribution in [2.75, 3.05) is 18.5 Å². The van der Waals surface area contributed by atoms with Crippen LogP contribution in [-0.4, -0.2) is 67.2 Å². The molecule has 10 heteroatoms. The molecule has 0 spiro atoms. The number of ether oxygens (including phenoxy) is 2. The molecule has 0 unspecified atom stereocenters. The Morgan fingerprint density at radius 3 is 2.58 bits per heavy atom. The fourth-order valence-corrected chi connectivity index (χ4v) is 4.45. The molecule has 1 aromatic carbocycles. The van der Waals surface area contributed by atoms with E-state index >= 15 is 0 Å². The maximum atomic E-state index is 12.6. The first kappa shape index (κ1) is 26.2. The summed E-state index contributed by atoms with van der Waals surface area (Å²) in [6.45, 7) is 2.35. The lowest BCUT2D eigenvalue weighted by Gasteiger charge is -2.22. The maximum Gasteiger partial charge on any atom is 0.256 e. The minimum absolute atomic E-state index is 0.269. The molecule has 1 saturated heterocycles. The van der Waals surface area contributed by atoms with Gasteiger partial charge < -0.3 is 25.0 Å². The third-order valence-corrected chi connectivity index (χ3v) is 6.45. The van der Waals surface area contributed by atoms with Gasteiger partial charge in [-0.15, -0.1) is 0 Å². The first-order valence-electron chi connectivity index (χ1n) is 12.7. The molecular weight excluding hydrogens is 462 g/mol. The Morgan fingerprint density at radius 2 is 1.83 bits per heavy atom. The zero-order valence-corrected chi connectivity index (χ0v) is 20.6. The lowest BCUT2D eigenvalue weighted by Crippen LogP contribution is -2.35. The predicted molar refractivity (Wildman–Crippen MR) is 134 cm³/mol. The lowest BCUT2D eigenvalue weighted by atomic mass is 10.1. The molecule has 3 heterocycles. The molecule has 4 atom stereocenters. The number of aliphatic hydroxyl groups excluding tert-OH is 2. The van der Waals surface area contributed by atoms with E-state index < -0.39 is 24.5 Å². The number of nitrogens with zero attached hydrogens (tertiary/aromatic N) is 4. The lowest BCUT2D eigenvalue weighted by molar-refractivity contribution is -0.0711. The smallest absolute Gasteiger partial charge is 0.256 e. The molecule has 1 aliphatic heterocycles. The Hall–Kier alpha value is -2.92. The van der Waals surface area contributed by atoms with Gasteiger partial charge >= 0.3 is 0 Å². The van der Waals surface area contributed by atoms with Gasteiger partial charge in [0.15, 0.2) is 23.2 Å². The van der Waals surface area contributed by atoms with E-state index in [9.17, 15) is 15.0 Å². The van der Waals surface area contributed by atoms with E-state index in [1.54, 1.807) is 28.8 Å². The number of unbranched alkanes of at least 4 members (excludes halogenated alkanes) is 6. The van der Waals surface area contributed by atoms with E-state index in [1.165, 1.54) is 38.3 Å². The topological polar surface area (TPSA) is 132 Å². The molecular formula is C26H35N5O5. The molecule has 3 N–H and O–H groups in total. The monoisotopic (exact) mass is 497 g/mol. The normalized spacial score (nSPS) is 21.8. The summed E-state index contributed by atoms with van der Waals surface area (Å²) in [6, 6.07) is 8.83. The summed E-state index contributed by atoms with van der Waals surface area (Å²) in [6.07, 6.45) is 7.74. The minimum atomic E-state index is -0.999. The third kappa shape index (κ3) is 6.07. The molecule has 194 valence electrons. The molecule has 0 bridgehead atoms. The van der Waals surface area contributed by atoms with Crippen LogP contribution in [0.1, 0.15) is 68.5 Å². The number of carbonyl (C=O) groups is 1. The molecule has 1 amide bonds. The molecule has 0 radical (unpaired) electrons. The number of hydrogen-bond donors (Lipinski definition) is 3. The van der Waals surface area contributed by atoms with Crippen molar-refractivity contribution < 1.29 is 24.5 Å². The number of hydrogen-bond acceptors (Lipinski definition) is 8. The van der Waals surface area contributed by atoms with Crippen LogP contribution in [0.4, 0.5) is 5.82 Å². The average molecular weight is 498 g/mol. The SMILES string of the molecule is CCCCCCCCCO[C@@H]1[C@H](O)[C@@H](CO)O[C@H]1n1cnc2c(NC(=O)c3ccccc3)ncnc21.